The van der Waals surface area contributed by atoms with Crippen LogP contribution in [0.1, 0.15) is 13.8 Å². The van der Waals surface area contributed by atoms with Crippen molar-refractivity contribution in [2.75, 3.05) is 18.5 Å². The van der Waals surface area contributed by atoms with Gasteiger partial charge in [0.15, 0.2) is 0 Å². The van der Waals surface area contributed by atoms with Gasteiger partial charge in [-0.2, -0.15) is 0 Å². The van der Waals surface area contributed by atoms with Crippen LogP contribution in [0.4, 0.5) is 10.5 Å². The molecular weight excluding hydrogens is 230 g/mol. The quantitative estimate of drug-likeness (QED) is 0.883. The summed E-state index contributed by atoms with van der Waals surface area (Å²) in [6.07, 6.45) is -0.522. The molecule has 0 radical (unpaired) electrons. The number of nitrogens with one attached hydrogen (secondary N) is 1. The molecule has 0 spiro atoms. The SMILES string of the molecule is CCOC(=O)Nc1cc(Cl)ccc1OCC. The summed E-state index contributed by atoms with van der Waals surface area (Å²) in [6.45, 7) is 4.43. The maximum atomic E-state index is 11.2. The van der Waals surface area contributed by atoms with E-state index in [4.69, 9.17) is 21.1 Å². The monoisotopic (exact) mass is 243 g/mol. The van der Waals surface area contributed by atoms with Gasteiger partial charge in [0.1, 0.15) is 5.75 Å². The van der Waals surface area contributed by atoms with Gasteiger partial charge in [-0.1, -0.05) is 11.6 Å². The predicted molar refractivity (Wildman–Crippen MR) is 63.3 cm³/mol. The molecule has 5 heteroatoms. The molecule has 1 aromatic rings. The van der Waals surface area contributed by atoms with Gasteiger partial charge in [-0.3, -0.25) is 5.32 Å². The molecule has 88 valence electrons. The summed E-state index contributed by atoms with van der Waals surface area (Å²) < 4.78 is 10.1. The van der Waals surface area contributed by atoms with Crippen molar-refractivity contribution < 1.29 is 14.3 Å². The lowest BCUT2D eigenvalue weighted by Gasteiger charge is -2.11. The van der Waals surface area contributed by atoms with Gasteiger partial charge in [0.2, 0.25) is 0 Å². The minimum atomic E-state index is -0.522. The molecule has 1 amide bonds. The van der Waals surface area contributed by atoms with Crippen molar-refractivity contribution in [3.8, 4) is 5.75 Å². The van der Waals surface area contributed by atoms with E-state index in [-0.39, 0.29) is 0 Å². The summed E-state index contributed by atoms with van der Waals surface area (Å²) in [5, 5.41) is 3.09. The van der Waals surface area contributed by atoms with E-state index in [1.54, 1.807) is 25.1 Å². The van der Waals surface area contributed by atoms with Crippen molar-refractivity contribution in [2.24, 2.45) is 0 Å². The Labute approximate surface area is 99.5 Å². The number of carbonyl (C=O) groups is 1. The summed E-state index contributed by atoms with van der Waals surface area (Å²) in [5.74, 6) is 0.569. The second kappa shape index (κ2) is 6.23. The van der Waals surface area contributed by atoms with Gasteiger partial charge in [-0.15, -0.1) is 0 Å². The molecular formula is C11H14ClNO3. The molecule has 4 nitrogen and oxygen atoms in total. The number of hydrogen-bond acceptors (Lipinski definition) is 3. The fourth-order valence-electron chi connectivity index (χ4n) is 1.16. The van der Waals surface area contributed by atoms with Crippen molar-refractivity contribution in [2.45, 2.75) is 13.8 Å². The fourth-order valence-corrected chi connectivity index (χ4v) is 1.33. The van der Waals surface area contributed by atoms with Gasteiger partial charge in [0.25, 0.3) is 0 Å². The molecule has 0 aliphatic rings. The Morgan fingerprint density at radius 3 is 2.75 bits per heavy atom. The van der Waals surface area contributed by atoms with E-state index >= 15 is 0 Å². The van der Waals surface area contributed by atoms with Crippen LogP contribution in [0.2, 0.25) is 5.02 Å². The highest BCUT2D eigenvalue weighted by Gasteiger charge is 2.08. The summed E-state index contributed by atoms with van der Waals surface area (Å²) in [4.78, 5) is 11.2. The van der Waals surface area contributed by atoms with Gasteiger partial charge < -0.3 is 9.47 Å². The largest absolute Gasteiger partial charge is 0.492 e. The average molecular weight is 244 g/mol. The van der Waals surface area contributed by atoms with Crippen LogP contribution in [0.15, 0.2) is 18.2 Å². The Hall–Kier alpha value is -1.42. The Balaban J connectivity index is 2.82. The van der Waals surface area contributed by atoms with Crippen LogP contribution >= 0.6 is 11.6 Å². The van der Waals surface area contributed by atoms with E-state index in [1.165, 1.54) is 0 Å². The van der Waals surface area contributed by atoms with Crippen LogP contribution in [0.25, 0.3) is 0 Å². The molecule has 1 aromatic carbocycles. The number of ether oxygens (including phenoxy) is 2. The minimum Gasteiger partial charge on any atom is -0.492 e. The second-order valence-electron chi connectivity index (χ2n) is 2.92. The van der Waals surface area contributed by atoms with Gasteiger partial charge in [-0.05, 0) is 32.0 Å². The third-order valence-corrected chi connectivity index (χ3v) is 1.99. The Kier molecular flexibility index (Phi) is 4.92. The molecule has 1 N–H and O–H groups in total. The fraction of sp³-hybridized carbons (Fsp3) is 0.364. The van der Waals surface area contributed by atoms with Crippen molar-refractivity contribution in [1.82, 2.24) is 0 Å². The molecule has 0 atom stereocenters. The molecule has 0 saturated heterocycles. The molecule has 0 aliphatic carbocycles. The zero-order valence-electron chi connectivity index (χ0n) is 9.25. The van der Waals surface area contributed by atoms with Crippen LogP contribution in [-0.4, -0.2) is 19.3 Å². The second-order valence-corrected chi connectivity index (χ2v) is 3.36. The van der Waals surface area contributed by atoms with Gasteiger partial charge in [0, 0.05) is 5.02 Å². The molecule has 0 heterocycles. The Morgan fingerprint density at radius 2 is 2.12 bits per heavy atom. The third-order valence-electron chi connectivity index (χ3n) is 1.75. The lowest BCUT2D eigenvalue weighted by Crippen LogP contribution is -2.14. The first-order chi connectivity index (χ1) is 7.67. The number of anilines is 1. The van der Waals surface area contributed by atoms with Crippen molar-refractivity contribution in [3.05, 3.63) is 23.2 Å². The highest BCUT2D eigenvalue weighted by molar-refractivity contribution is 6.31. The first-order valence-corrected chi connectivity index (χ1v) is 5.41. The minimum absolute atomic E-state index is 0.316. The zero-order valence-corrected chi connectivity index (χ0v) is 10.0. The number of rotatable bonds is 4. The van der Waals surface area contributed by atoms with Crippen LogP contribution in [-0.2, 0) is 4.74 Å². The van der Waals surface area contributed by atoms with E-state index in [0.29, 0.717) is 29.7 Å². The first-order valence-electron chi connectivity index (χ1n) is 5.03. The topological polar surface area (TPSA) is 47.6 Å². The summed E-state index contributed by atoms with van der Waals surface area (Å²) in [5.41, 5.74) is 0.507. The van der Waals surface area contributed by atoms with E-state index in [2.05, 4.69) is 5.32 Å². The van der Waals surface area contributed by atoms with E-state index in [1.807, 2.05) is 6.92 Å². The molecule has 0 aliphatic heterocycles. The van der Waals surface area contributed by atoms with Gasteiger partial charge in [0.05, 0.1) is 18.9 Å². The molecule has 16 heavy (non-hydrogen) atoms. The van der Waals surface area contributed by atoms with Crippen LogP contribution in [0, 0.1) is 0 Å². The van der Waals surface area contributed by atoms with Gasteiger partial charge >= 0.3 is 6.09 Å². The van der Waals surface area contributed by atoms with Crippen molar-refractivity contribution in [1.29, 1.82) is 0 Å². The highest BCUT2D eigenvalue weighted by Crippen LogP contribution is 2.28. The predicted octanol–water partition coefficient (Wildman–Crippen LogP) is 3.31. The molecule has 0 saturated carbocycles. The summed E-state index contributed by atoms with van der Waals surface area (Å²) >= 11 is 5.83. The summed E-state index contributed by atoms with van der Waals surface area (Å²) in [7, 11) is 0. The van der Waals surface area contributed by atoms with E-state index in [0.717, 1.165) is 0 Å². The Morgan fingerprint density at radius 1 is 1.38 bits per heavy atom. The number of benzene rings is 1. The number of amides is 1. The molecule has 1 rings (SSSR count). The lowest BCUT2D eigenvalue weighted by atomic mass is 10.3. The van der Waals surface area contributed by atoms with Crippen LogP contribution in [0.3, 0.4) is 0 Å². The van der Waals surface area contributed by atoms with E-state index in [9.17, 15) is 4.79 Å². The molecule has 0 fully saturated rings. The van der Waals surface area contributed by atoms with Gasteiger partial charge in [-0.25, -0.2) is 4.79 Å². The van der Waals surface area contributed by atoms with Crippen LogP contribution < -0.4 is 10.1 Å². The van der Waals surface area contributed by atoms with Crippen molar-refractivity contribution in [3.63, 3.8) is 0 Å². The molecule has 0 bridgehead atoms. The molecule has 0 unspecified atom stereocenters. The Bertz CT molecular complexity index is 368. The average Bonchev–Trinajstić information content (AvgIpc) is 2.22. The number of halogens is 1. The number of carbonyl (C=O) groups excluding carboxylic acids is 1. The van der Waals surface area contributed by atoms with Crippen LogP contribution in [0.5, 0.6) is 5.75 Å². The normalized spacial score (nSPS) is 9.69. The zero-order chi connectivity index (χ0) is 12.0. The van der Waals surface area contributed by atoms with Crippen molar-refractivity contribution >= 4 is 23.4 Å². The standard InChI is InChI=1S/C11H14ClNO3/c1-3-15-10-6-5-8(12)7-9(10)13-11(14)16-4-2/h5-7H,3-4H2,1-2H3,(H,13,14). The maximum absolute atomic E-state index is 11.2. The molecule has 0 aromatic heterocycles. The maximum Gasteiger partial charge on any atom is 0.411 e. The summed E-state index contributed by atoms with van der Waals surface area (Å²) in [6, 6.07) is 5.01. The first kappa shape index (κ1) is 12.6. The van der Waals surface area contributed by atoms with E-state index < -0.39 is 6.09 Å². The lowest BCUT2D eigenvalue weighted by molar-refractivity contribution is 0.167. The third kappa shape index (κ3) is 3.62. The smallest absolute Gasteiger partial charge is 0.411 e. The highest BCUT2D eigenvalue weighted by atomic mass is 35.5. The number of hydrogen-bond donors (Lipinski definition) is 1.